The number of carboxylic acid groups (broad SMARTS) is 1. The van der Waals surface area contributed by atoms with Crippen molar-refractivity contribution in [3.8, 4) is 0 Å². The molecule has 1 aliphatic rings. The second-order valence-corrected chi connectivity index (χ2v) is 3.87. The first-order chi connectivity index (χ1) is 7.30. The number of hydrogen-bond acceptors (Lipinski definition) is 3. The summed E-state index contributed by atoms with van der Waals surface area (Å²) in [5.41, 5.74) is 0. The van der Waals surface area contributed by atoms with Gasteiger partial charge >= 0.3 is 12.1 Å². The Morgan fingerprint density at radius 1 is 1.62 bits per heavy atom. The third kappa shape index (κ3) is 3.64. The Bertz CT molecular complexity index is 257. The van der Waals surface area contributed by atoms with E-state index in [1.165, 1.54) is 4.90 Å². The third-order valence-corrected chi connectivity index (χ3v) is 2.46. The van der Waals surface area contributed by atoms with Crippen molar-refractivity contribution >= 4 is 5.97 Å². The zero-order valence-corrected chi connectivity index (χ0v) is 8.83. The topological polar surface area (TPSA) is 49.8 Å². The Morgan fingerprint density at radius 3 is 2.69 bits per heavy atom. The normalized spacial score (nSPS) is 25.4. The number of rotatable bonds is 3. The predicted octanol–water partition coefficient (Wildman–Crippen LogP) is 0.970. The zero-order chi connectivity index (χ0) is 12.3. The maximum Gasteiger partial charge on any atom is 0.403 e. The molecular weight excluding hydrogens is 227 g/mol. The van der Waals surface area contributed by atoms with Gasteiger partial charge in [0, 0.05) is 19.6 Å². The highest BCUT2D eigenvalue weighted by atomic mass is 19.4. The van der Waals surface area contributed by atoms with Crippen molar-refractivity contribution in [2.24, 2.45) is 5.92 Å². The van der Waals surface area contributed by atoms with Gasteiger partial charge in [-0.25, -0.2) is 0 Å². The average Bonchev–Trinajstić information content (AvgIpc) is 2.12. The first-order valence-electron chi connectivity index (χ1n) is 4.94. The Morgan fingerprint density at radius 2 is 2.25 bits per heavy atom. The Labute approximate surface area is 91.0 Å². The molecule has 1 N–H and O–H groups in total. The Kier molecular flexibility index (Phi) is 4.15. The number of ether oxygens (including phenoxy) is 1. The standard InChI is InChI=1S/C9H14F3NO3/c1-6-4-13(2-3-16-6)5-7(8(14)15)9(10,11)12/h6-7H,2-5H2,1H3,(H,14,15). The van der Waals surface area contributed by atoms with E-state index in [1.807, 2.05) is 0 Å². The molecule has 1 heterocycles. The van der Waals surface area contributed by atoms with Gasteiger partial charge in [-0.05, 0) is 6.92 Å². The molecule has 0 aromatic rings. The second-order valence-electron chi connectivity index (χ2n) is 3.87. The number of alkyl halides is 3. The lowest BCUT2D eigenvalue weighted by atomic mass is 10.1. The number of carbonyl (C=O) groups is 1. The van der Waals surface area contributed by atoms with Crippen LogP contribution in [0.25, 0.3) is 0 Å². The maximum absolute atomic E-state index is 12.4. The number of morpholine rings is 1. The molecule has 16 heavy (non-hydrogen) atoms. The first kappa shape index (κ1) is 13.2. The van der Waals surface area contributed by atoms with Crippen LogP contribution >= 0.6 is 0 Å². The van der Waals surface area contributed by atoms with Crippen LogP contribution in [-0.4, -0.2) is 54.5 Å². The largest absolute Gasteiger partial charge is 0.481 e. The van der Waals surface area contributed by atoms with E-state index in [0.29, 0.717) is 19.7 Å². The quantitative estimate of drug-likeness (QED) is 0.800. The molecule has 0 spiro atoms. The van der Waals surface area contributed by atoms with Crippen LogP contribution in [0, 0.1) is 5.92 Å². The lowest BCUT2D eigenvalue weighted by molar-refractivity contribution is -0.198. The monoisotopic (exact) mass is 241 g/mol. The fourth-order valence-corrected chi connectivity index (χ4v) is 1.64. The predicted molar refractivity (Wildman–Crippen MR) is 49.0 cm³/mol. The van der Waals surface area contributed by atoms with E-state index in [2.05, 4.69) is 0 Å². The minimum Gasteiger partial charge on any atom is -0.481 e. The van der Waals surface area contributed by atoms with E-state index in [-0.39, 0.29) is 6.10 Å². The molecule has 2 atom stereocenters. The molecule has 0 radical (unpaired) electrons. The highest BCUT2D eigenvalue weighted by Crippen LogP contribution is 2.27. The van der Waals surface area contributed by atoms with Gasteiger partial charge in [0.15, 0.2) is 5.92 Å². The molecular formula is C9H14F3NO3. The van der Waals surface area contributed by atoms with Crippen molar-refractivity contribution in [1.29, 1.82) is 0 Å². The lowest BCUT2D eigenvalue weighted by Gasteiger charge is -2.33. The number of halogens is 3. The minimum absolute atomic E-state index is 0.156. The Hall–Kier alpha value is -0.820. The summed E-state index contributed by atoms with van der Waals surface area (Å²) in [7, 11) is 0. The molecule has 0 amide bonds. The summed E-state index contributed by atoms with van der Waals surface area (Å²) in [6.45, 7) is 2.25. The maximum atomic E-state index is 12.4. The number of carboxylic acids is 1. The summed E-state index contributed by atoms with van der Waals surface area (Å²) in [6, 6.07) is 0. The van der Waals surface area contributed by atoms with Gasteiger partial charge in [0.25, 0.3) is 0 Å². The van der Waals surface area contributed by atoms with E-state index < -0.39 is 24.6 Å². The molecule has 0 aromatic carbocycles. The van der Waals surface area contributed by atoms with E-state index in [1.54, 1.807) is 6.92 Å². The van der Waals surface area contributed by atoms with E-state index in [0.717, 1.165) is 0 Å². The van der Waals surface area contributed by atoms with Gasteiger partial charge in [0.05, 0.1) is 12.7 Å². The van der Waals surface area contributed by atoms with Gasteiger partial charge in [0.1, 0.15) is 0 Å². The molecule has 0 saturated carbocycles. The fraction of sp³-hybridized carbons (Fsp3) is 0.889. The molecule has 0 aromatic heterocycles. The van der Waals surface area contributed by atoms with Crippen LogP contribution in [0.2, 0.25) is 0 Å². The van der Waals surface area contributed by atoms with Crippen LogP contribution in [0.3, 0.4) is 0 Å². The van der Waals surface area contributed by atoms with Gasteiger partial charge < -0.3 is 9.84 Å². The molecule has 0 bridgehead atoms. The molecule has 1 fully saturated rings. The Balaban J connectivity index is 2.58. The summed E-state index contributed by atoms with van der Waals surface area (Å²) in [5, 5.41) is 8.53. The zero-order valence-electron chi connectivity index (χ0n) is 8.83. The van der Waals surface area contributed by atoms with Crippen LogP contribution in [0.1, 0.15) is 6.92 Å². The molecule has 1 rings (SSSR count). The summed E-state index contributed by atoms with van der Waals surface area (Å²) in [6.07, 6.45) is -4.86. The number of nitrogens with zero attached hydrogens (tertiary/aromatic N) is 1. The molecule has 7 heteroatoms. The van der Waals surface area contributed by atoms with Crippen LogP contribution in [0.4, 0.5) is 13.2 Å². The van der Waals surface area contributed by atoms with E-state index in [4.69, 9.17) is 9.84 Å². The van der Waals surface area contributed by atoms with Crippen molar-refractivity contribution in [1.82, 2.24) is 4.90 Å². The third-order valence-electron chi connectivity index (χ3n) is 2.46. The van der Waals surface area contributed by atoms with Gasteiger partial charge in [-0.3, -0.25) is 9.69 Å². The van der Waals surface area contributed by atoms with Gasteiger partial charge in [0.2, 0.25) is 0 Å². The molecule has 94 valence electrons. The van der Waals surface area contributed by atoms with Gasteiger partial charge in [-0.1, -0.05) is 0 Å². The first-order valence-corrected chi connectivity index (χ1v) is 4.94. The van der Waals surface area contributed by atoms with Crippen LogP contribution < -0.4 is 0 Å². The van der Waals surface area contributed by atoms with Crippen LogP contribution in [0.15, 0.2) is 0 Å². The smallest absolute Gasteiger partial charge is 0.403 e. The lowest BCUT2D eigenvalue weighted by Crippen LogP contribution is -2.47. The summed E-state index contributed by atoms with van der Waals surface area (Å²) in [5.74, 6) is -4.15. The summed E-state index contributed by atoms with van der Waals surface area (Å²) in [4.78, 5) is 12.0. The molecule has 0 aliphatic carbocycles. The van der Waals surface area contributed by atoms with Crippen molar-refractivity contribution in [2.45, 2.75) is 19.2 Å². The summed E-state index contributed by atoms with van der Waals surface area (Å²) < 4.78 is 42.3. The minimum atomic E-state index is -4.70. The molecule has 2 unspecified atom stereocenters. The van der Waals surface area contributed by atoms with Crippen molar-refractivity contribution in [2.75, 3.05) is 26.2 Å². The van der Waals surface area contributed by atoms with E-state index in [9.17, 15) is 18.0 Å². The van der Waals surface area contributed by atoms with Crippen molar-refractivity contribution < 1.29 is 27.8 Å². The molecule has 4 nitrogen and oxygen atoms in total. The van der Waals surface area contributed by atoms with Crippen LogP contribution in [-0.2, 0) is 9.53 Å². The number of hydrogen-bond donors (Lipinski definition) is 1. The SMILES string of the molecule is CC1CN(CC(C(=O)O)C(F)(F)F)CCO1. The second kappa shape index (κ2) is 5.01. The van der Waals surface area contributed by atoms with Gasteiger partial charge in [-0.15, -0.1) is 0 Å². The highest BCUT2D eigenvalue weighted by Gasteiger charge is 2.46. The fourth-order valence-electron chi connectivity index (χ4n) is 1.64. The summed E-state index contributed by atoms with van der Waals surface area (Å²) >= 11 is 0. The van der Waals surface area contributed by atoms with Crippen molar-refractivity contribution in [3.63, 3.8) is 0 Å². The van der Waals surface area contributed by atoms with Gasteiger partial charge in [-0.2, -0.15) is 13.2 Å². The van der Waals surface area contributed by atoms with Crippen LogP contribution in [0.5, 0.6) is 0 Å². The average molecular weight is 241 g/mol. The van der Waals surface area contributed by atoms with E-state index >= 15 is 0 Å². The highest BCUT2D eigenvalue weighted by molar-refractivity contribution is 5.71. The number of aliphatic carboxylic acids is 1. The van der Waals surface area contributed by atoms with Crippen molar-refractivity contribution in [3.05, 3.63) is 0 Å². The molecule has 1 saturated heterocycles. The molecule has 1 aliphatic heterocycles.